The summed E-state index contributed by atoms with van der Waals surface area (Å²) >= 11 is 1.96. The molecule has 7 heteroatoms. The van der Waals surface area contributed by atoms with Crippen molar-refractivity contribution in [2.45, 2.75) is 18.4 Å². The summed E-state index contributed by atoms with van der Waals surface area (Å²) in [5.74, 6) is 2.23. The largest absolute Gasteiger partial charge is 0.379 e. The van der Waals surface area contributed by atoms with Crippen LogP contribution in [0.25, 0.3) is 0 Å². The molecule has 0 amide bonds. The van der Waals surface area contributed by atoms with Gasteiger partial charge in [-0.1, -0.05) is 0 Å². The highest BCUT2D eigenvalue weighted by atomic mass is 32.2. The number of hydrogen-bond donors (Lipinski definition) is 1. The third-order valence-corrected chi connectivity index (χ3v) is 5.42. The molecule has 0 spiro atoms. The van der Waals surface area contributed by atoms with Crippen molar-refractivity contribution in [1.82, 2.24) is 9.62 Å². The molecule has 0 aromatic heterocycles. The summed E-state index contributed by atoms with van der Waals surface area (Å²) in [6, 6.07) is 0. The van der Waals surface area contributed by atoms with Crippen molar-refractivity contribution in [2.24, 2.45) is 0 Å². The molecule has 106 valence electrons. The van der Waals surface area contributed by atoms with E-state index in [-0.39, 0.29) is 5.54 Å². The van der Waals surface area contributed by atoms with Gasteiger partial charge in [0.2, 0.25) is 10.0 Å². The molecule has 0 aromatic carbocycles. The van der Waals surface area contributed by atoms with E-state index >= 15 is 0 Å². The zero-order valence-corrected chi connectivity index (χ0v) is 12.5. The van der Waals surface area contributed by atoms with Gasteiger partial charge in [-0.15, -0.1) is 0 Å². The van der Waals surface area contributed by atoms with E-state index in [1.807, 2.05) is 11.8 Å². The molecule has 18 heavy (non-hydrogen) atoms. The molecule has 0 unspecified atom stereocenters. The average Bonchev–Trinajstić information content (AvgIpc) is 2.38. The summed E-state index contributed by atoms with van der Waals surface area (Å²) in [7, 11) is -3.12. The van der Waals surface area contributed by atoms with Crippen LogP contribution in [0, 0.1) is 0 Å². The summed E-state index contributed by atoms with van der Waals surface area (Å²) in [5, 5.41) is 0. The summed E-state index contributed by atoms with van der Waals surface area (Å²) in [6.07, 6.45) is 3.35. The number of sulfonamides is 1. The van der Waals surface area contributed by atoms with E-state index in [1.54, 1.807) is 0 Å². The predicted octanol–water partition coefficient (Wildman–Crippen LogP) is 0.134. The fourth-order valence-corrected chi connectivity index (χ4v) is 4.44. The first kappa shape index (κ1) is 14.6. The van der Waals surface area contributed by atoms with Crippen molar-refractivity contribution < 1.29 is 13.2 Å². The third-order valence-electron chi connectivity index (χ3n) is 3.77. The Morgan fingerprint density at radius 1 is 1.28 bits per heavy atom. The van der Waals surface area contributed by atoms with Gasteiger partial charge in [-0.25, -0.2) is 13.1 Å². The Kier molecular flexibility index (Phi) is 4.93. The molecular formula is C11H22N2O3S2. The number of rotatable bonds is 4. The van der Waals surface area contributed by atoms with Crippen LogP contribution in [0.1, 0.15) is 12.8 Å². The molecule has 5 nitrogen and oxygen atoms in total. The second-order valence-electron chi connectivity index (χ2n) is 5.03. The van der Waals surface area contributed by atoms with E-state index in [0.717, 1.165) is 50.7 Å². The lowest BCUT2D eigenvalue weighted by Crippen LogP contribution is -2.60. The highest BCUT2D eigenvalue weighted by Gasteiger charge is 2.39. The quantitative estimate of drug-likeness (QED) is 0.799. The molecule has 2 saturated heterocycles. The fraction of sp³-hybridized carbons (Fsp3) is 1.00. The van der Waals surface area contributed by atoms with Gasteiger partial charge in [-0.2, -0.15) is 11.8 Å². The maximum Gasteiger partial charge on any atom is 0.208 e. The number of nitrogens with zero attached hydrogens (tertiary/aromatic N) is 1. The van der Waals surface area contributed by atoms with E-state index in [9.17, 15) is 8.42 Å². The van der Waals surface area contributed by atoms with Gasteiger partial charge in [0, 0.05) is 25.2 Å². The zero-order chi connectivity index (χ0) is 13.1. The smallest absolute Gasteiger partial charge is 0.208 e. The Morgan fingerprint density at radius 2 is 1.89 bits per heavy atom. The number of morpholine rings is 1. The zero-order valence-electron chi connectivity index (χ0n) is 10.9. The molecule has 0 radical (unpaired) electrons. The van der Waals surface area contributed by atoms with E-state index in [1.165, 1.54) is 6.26 Å². The van der Waals surface area contributed by atoms with Crippen LogP contribution in [-0.4, -0.2) is 69.5 Å². The number of nitrogens with one attached hydrogen (secondary N) is 1. The van der Waals surface area contributed by atoms with E-state index in [2.05, 4.69) is 9.62 Å². The van der Waals surface area contributed by atoms with Gasteiger partial charge in [0.05, 0.1) is 19.5 Å². The lowest BCUT2D eigenvalue weighted by atomic mass is 9.89. The van der Waals surface area contributed by atoms with Crippen LogP contribution in [-0.2, 0) is 14.8 Å². The molecule has 0 atom stereocenters. The van der Waals surface area contributed by atoms with E-state index < -0.39 is 10.0 Å². The minimum atomic E-state index is -3.12. The maximum atomic E-state index is 11.3. The van der Waals surface area contributed by atoms with Crippen LogP contribution in [0.4, 0.5) is 0 Å². The van der Waals surface area contributed by atoms with Crippen LogP contribution in [0.15, 0.2) is 0 Å². The first-order valence-electron chi connectivity index (χ1n) is 6.37. The fourth-order valence-electron chi connectivity index (χ4n) is 2.66. The number of hydrogen-bond acceptors (Lipinski definition) is 5. The maximum absolute atomic E-state index is 11.3. The van der Waals surface area contributed by atoms with Gasteiger partial charge < -0.3 is 4.74 Å². The lowest BCUT2D eigenvalue weighted by Gasteiger charge is -2.47. The Balaban J connectivity index is 2.06. The Hall–Kier alpha value is 0.180. The van der Waals surface area contributed by atoms with Crippen molar-refractivity contribution in [3.05, 3.63) is 0 Å². The number of ether oxygens (including phenoxy) is 1. The monoisotopic (exact) mass is 294 g/mol. The summed E-state index contributed by atoms with van der Waals surface area (Å²) < 4.78 is 30.8. The van der Waals surface area contributed by atoms with Gasteiger partial charge in [0.25, 0.3) is 0 Å². The lowest BCUT2D eigenvalue weighted by molar-refractivity contribution is -0.0242. The van der Waals surface area contributed by atoms with E-state index in [4.69, 9.17) is 4.74 Å². The molecule has 1 N–H and O–H groups in total. The first-order chi connectivity index (χ1) is 8.52. The molecule has 2 aliphatic heterocycles. The second-order valence-corrected chi connectivity index (χ2v) is 8.09. The summed E-state index contributed by atoms with van der Waals surface area (Å²) in [6.45, 7) is 3.88. The molecule has 0 aromatic rings. The van der Waals surface area contributed by atoms with Crippen LogP contribution >= 0.6 is 11.8 Å². The highest BCUT2D eigenvalue weighted by molar-refractivity contribution is 7.99. The molecular weight excluding hydrogens is 272 g/mol. The van der Waals surface area contributed by atoms with Crippen molar-refractivity contribution in [3.8, 4) is 0 Å². The average molecular weight is 294 g/mol. The summed E-state index contributed by atoms with van der Waals surface area (Å²) in [4.78, 5) is 2.42. The second kappa shape index (κ2) is 6.09. The molecule has 2 heterocycles. The Bertz CT molecular complexity index is 360. The Morgan fingerprint density at radius 3 is 2.44 bits per heavy atom. The molecule has 0 saturated carbocycles. The van der Waals surface area contributed by atoms with Gasteiger partial charge in [0.1, 0.15) is 0 Å². The van der Waals surface area contributed by atoms with Crippen LogP contribution in [0.5, 0.6) is 0 Å². The van der Waals surface area contributed by atoms with Crippen LogP contribution in [0.3, 0.4) is 0 Å². The summed E-state index contributed by atoms with van der Waals surface area (Å²) in [5.41, 5.74) is -0.00187. The van der Waals surface area contributed by atoms with Crippen molar-refractivity contribution in [2.75, 3.05) is 50.6 Å². The topological polar surface area (TPSA) is 58.6 Å². The minimum Gasteiger partial charge on any atom is -0.379 e. The van der Waals surface area contributed by atoms with Gasteiger partial charge in [0.15, 0.2) is 0 Å². The highest BCUT2D eigenvalue weighted by Crippen LogP contribution is 2.32. The van der Waals surface area contributed by atoms with Gasteiger partial charge in [-0.3, -0.25) is 4.90 Å². The van der Waals surface area contributed by atoms with E-state index in [0.29, 0.717) is 6.54 Å². The first-order valence-corrected chi connectivity index (χ1v) is 9.42. The van der Waals surface area contributed by atoms with Crippen LogP contribution < -0.4 is 4.72 Å². The predicted molar refractivity (Wildman–Crippen MR) is 74.5 cm³/mol. The normalized spacial score (nSPS) is 26.1. The third kappa shape index (κ3) is 3.84. The standard InChI is InChI=1S/C11H22N2O3S2/c1-18(14,15)12-10-11(2-8-17-9-3-11)13-4-6-16-7-5-13/h12H,2-10H2,1H3. The molecule has 2 fully saturated rings. The van der Waals surface area contributed by atoms with Gasteiger partial charge in [-0.05, 0) is 24.3 Å². The minimum absolute atomic E-state index is 0.00187. The molecule has 0 bridgehead atoms. The van der Waals surface area contributed by atoms with Crippen LogP contribution in [0.2, 0.25) is 0 Å². The molecule has 2 rings (SSSR count). The molecule has 2 aliphatic rings. The van der Waals surface area contributed by atoms with Crippen molar-refractivity contribution in [3.63, 3.8) is 0 Å². The number of thioether (sulfide) groups is 1. The SMILES string of the molecule is CS(=O)(=O)NCC1(N2CCOCC2)CCSCC1. The Labute approximate surface area is 114 Å². The van der Waals surface area contributed by atoms with Crippen molar-refractivity contribution in [1.29, 1.82) is 0 Å². The molecule has 0 aliphatic carbocycles. The van der Waals surface area contributed by atoms with Gasteiger partial charge >= 0.3 is 0 Å². The van der Waals surface area contributed by atoms with Crippen molar-refractivity contribution >= 4 is 21.8 Å².